The topological polar surface area (TPSA) is 603 Å². The number of aromatic nitrogens is 3. The molecule has 1 saturated heterocycles. The zero-order valence-corrected chi connectivity index (χ0v) is 84.5. The number of aromatic amines is 2. The van der Waals surface area contributed by atoms with Gasteiger partial charge in [0.15, 0.2) is 23.8 Å². The van der Waals surface area contributed by atoms with Crippen LogP contribution in [0.3, 0.4) is 0 Å². The number of benzene rings is 4. The fraction of sp³-hybridized carbons (Fsp3) is 0.533. The lowest BCUT2D eigenvalue weighted by molar-refractivity contribution is -0.342. The van der Waals surface area contributed by atoms with Crippen molar-refractivity contribution in [3.8, 4) is 0 Å². The summed E-state index contributed by atoms with van der Waals surface area (Å²) in [5.41, 5.74) is 5.97. The average molecular weight is 2010 g/mol. The van der Waals surface area contributed by atoms with Crippen molar-refractivity contribution in [2.45, 2.75) is 296 Å². The number of rotatable bonds is 50. The number of nitrogens with one attached hydrogen (secondary N) is 11. The van der Waals surface area contributed by atoms with Gasteiger partial charge in [-0.15, -0.1) is 0 Å². The molecule has 20 atom stereocenters. The molecule has 2 saturated carbocycles. The normalized spacial score (nSPS) is 22.3. The number of hydrogen-bond donors (Lipinski definition) is 16. The van der Waals surface area contributed by atoms with Gasteiger partial charge in [0.2, 0.25) is 65.2 Å². The molecule has 3 fully saturated rings. The highest BCUT2D eigenvalue weighted by atomic mass is 16.6. The van der Waals surface area contributed by atoms with Crippen molar-refractivity contribution in [2.75, 3.05) is 19.8 Å². The summed E-state index contributed by atoms with van der Waals surface area (Å²) in [4.78, 5) is 239. The highest BCUT2D eigenvalue weighted by molar-refractivity contribution is 5.99. The Kier molecular flexibility index (Phi) is 40.1. The molecule has 10 rings (SSSR count). The van der Waals surface area contributed by atoms with Gasteiger partial charge in [0.25, 0.3) is 0 Å². The van der Waals surface area contributed by atoms with Crippen LogP contribution in [0.15, 0.2) is 157 Å². The first kappa shape index (κ1) is 113. The Balaban J connectivity index is 0.863. The summed E-state index contributed by atoms with van der Waals surface area (Å²) < 4.78 is 43.2. The van der Waals surface area contributed by atoms with Crippen LogP contribution in [0.2, 0.25) is 0 Å². The summed E-state index contributed by atoms with van der Waals surface area (Å²) >= 11 is 0. The molecule has 40 heteroatoms. The first-order valence-corrected chi connectivity index (χ1v) is 49.3. The first-order chi connectivity index (χ1) is 68.7. The monoisotopic (exact) mass is 2010 g/mol. The van der Waals surface area contributed by atoms with Crippen molar-refractivity contribution in [3.63, 3.8) is 0 Å². The molecule has 2 bridgehead atoms. The summed E-state index contributed by atoms with van der Waals surface area (Å²) in [5.74, 6) is -16.0. The molecular weight excluding hydrogens is 1870 g/mol. The van der Waals surface area contributed by atoms with Crippen LogP contribution in [-0.2, 0) is 124 Å². The second kappa shape index (κ2) is 51.3. The van der Waals surface area contributed by atoms with E-state index in [-0.39, 0.29) is 79.4 Å². The largest absolute Gasteiger partial charge is 0.455 e. The predicted octanol–water partition coefficient (Wildman–Crippen LogP) is 5.93. The number of carbonyl (C=O) groups is 16. The maximum atomic E-state index is 16.3. The Labute approximate surface area is 842 Å². The van der Waals surface area contributed by atoms with Gasteiger partial charge in [0.05, 0.1) is 55.2 Å². The van der Waals surface area contributed by atoms with E-state index in [1.807, 2.05) is 34.6 Å². The number of hydrogen-bond acceptors (Lipinski definition) is 27. The van der Waals surface area contributed by atoms with Gasteiger partial charge in [-0.1, -0.05) is 190 Å². The minimum atomic E-state index is -2.30. The number of imidazole rings is 1. The van der Waals surface area contributed by atoms with Gasteiger partial charge >= 0.3 is 30.0 Å². The number of fused-ring (bicyclic) bond motifs is 6. The number of nitrogens with zero attached hydrogens (tertiary/aromatic N) is 1. The third-order valence-corrected chi connectivity index (χ3v) is 27.3. The second-order valence-corrected chi connectivity index (χ2v) is 39.9. The van der Waals surface area contributed by atoms with Crippen LogP contribution < -0.4 is 59.3 Å². The van der Waals surface area contributed by atoms with E-state index in [0.717, 1.165) is 13.8 Å². The summed E-state index contributed by atoms with van der Waals surface area (Å²) in [5, 5.41) is 63.4. The number of Topliss-reactive ketones (excluding diaryl/α,β-unsaturated/α-hetero) is 1. The summed E-state index contributed by atoms with van der Waals surface area (Å²) in [6.45, 7) is 21.3. The number of esters is 4. The molecule has 3 heterocycles. The number of ketones is 1. The fourth-order valence-corrected chi connectivity index (χ4v) is 19.6. The van der Waals surface area contributed by atoms with Crippen molar-refractivity contribution in [2.24, 2.45) is 51.9 Å². The van der Waals surface area contributed by atoms with Crippen molar-refractivity contribution >= 4 is 106 Å². The van der Waals surface area contributed by atoms with Crippen LogP contribution in [0.25, 0.3) is 10.9 Å². The SMILES string of the molecule is CCCCOC(=O)N[C@H](c1ccccc1)[C@@H](OC(=O)CCCC(=O)N[C@@H](Cc1ccccc1)C(=O)N[C@@H](CCC(N)=O)C(=O)N[C@@H](Cc1c[nH]c2ccccc12)C(=O)N[C@@H](C)C(=O)N[C@H](C(=O)NCC(=O)N[C@@H](Cc1cnc[nH]1)C(=O)N[C@H](/C=C/[C@@H](CC(C)C)C(N)=O)CC(C)C)C(C)C)C(=O)O[C@H]1C[C@@]2(O)C[C@@H](OC(O)c3ccccc3)C3[C@](C)(C(=O)[C@H](OC(C)=O)C(=C1C)C2(C)C)[C@@H](O)C[C@H]1OC[C@@]31OC(C)=O. The molecule has 11 amide bonds. The minimum absolute atomic E-state index is 0.0427. The van der Waals surface area contributed by atoms with Gasteiger partial charge in [-0.25, -0.2) is 14.6 Å². The Bertz CT molecular complexity index is 5620. The minimum Gasteiger partial charge on any atom is -0.455 e. The van der Waals surface area contributed by atoms with Gasteiger partial charge in [-0.05, 0) is 105 Å². The molecule has 2 unspecified atom stereocenters. The van der Waals surface area contributed by atoms with E-state index in [1.165, 1.54) is 45.4 Å². The van der Waals surface area contributed by atoms with Gasteiger partial charge in [0.1, 0.15) is 54.5 Å². The number of nitrogens with two attached hydrogens (primary N) is 2. The van der Waals surface area contributed by atoms with Gasteiger partial charge in [0, 0.05) is 124 Å². The molecule has 786 valence electrons. The maximum absolute atomic E-state index is 16.3. The molecule has 3 aliphatic carbocycles. The molecule has 4 aliphatic rings. The number of unbranched alkanes of at least 4 members (excludes halogenated alkanes) is 1. The van der Waals surface area contributed by atoms with E-state index in [9.17, 15) is 72.9 Å². The van der Waals surface area contributed by atoms with Crippen molar-refractivity contribution in [1.82, 2.24) is 62.8 Å². The number of primary amides is 2. The van der Waals surface area contributed by atoms with E-state index in [4.69, 9.17) is 44.6 Å². The standard InChI is InChI=1S/C105H140N14O26/c1-15-16-43-139-101(137)119-87(65-31-22-18-23-32-65)89(100(136)142-77-50-104(138)51-78(143-99(135)66-33-24-19-25-34-66)90-103(14,79(122)49-80-105(90,55-140-80)145-63(11)121)91(127)88(141-62(10)120)85(60(77)8)102(104,12)13)144-84(126)38-28-37-82(124)114-74(46-64-29-20-17-21-30-64)97(133)116-73(41-42-81(106)123)94(130)117-75(47-68-52-109-72-36-27-26-35-71(68)72)95(131)112-61(9)93(129)118-86(59(6)7)98(134)110-54-83(125)115-76(48-70-53-108-56-111-70)96(132)113-69(45-58(4)5)40-39-67(92(107)128)44-57(2)3/h17-27,29-36,39-40,52-53,56-59,61,67,69,73-80,86-90,99,109,122,135,138H,15-16,28,37-38,41-51,54-55H2,1-14H3,(H2,106,123)(H2,107,128)(H,108,111)(H,110,134)(H,112,131)(H,113,132)(H,114,124)(H,115,125)(H,116,133)(H,117,130)(H,118,129)(H,119,137)/b40-39+/t61-,67-,69+,73-,74-,75-,76-,77-,78+,79-,80+,86-,87+,88+,89+,90?,99?,103+,104+,105-/m0/s1. The highest BCUT2D eigenvalue weighted by Gasteiger charge is 2.75. The first-order valence-electron chi connectivity index (χ1n) is 49.3. The third kappa shape index (κ3) is 29.6. The Morgan fingerprint density at radius 2 is 1.26 bits per heavy atom. The van der Waals surface area contributed by atoms with E-state index in [0.29, 0.717) is 53.4 Å². The maximum Gasteiger partial charge on any atom is 0.407 e. The quantitative estimate of drug-likeness (QED) is 0.00692. The molecule has 0 spiro atoms. The molecule has 1 aliphatic heterocycles. The summed E-state index contributed by atoms with van der Waals surface area (Å²) in [6, 6.07) is 20.2. The van der Waals surface area contributed by atoms with Crippen LogP contribution in [0.5, 0.6) is 0 Å². The summed E-state index contributed by atoms with van der Waals surface area (Å²) in [6.07, 6.45) is -7.72. The van der Waals surface area contributed by atoms with Crippen molar-refractivity contribution < 1.29 is 125 Å². The molecule has 18 N–H and O–H groups in total. The van der Waals surface area contributed by atoms with Gasteiger partial charge in [-0.3, -0.25) is 67.1 Å². The van der Waals surface area contributed by atoms with Crippen LogP contribution >= 0.6 is 0 Å². The van der Waals surface area contributed by atoms with Crippen LogP contribution in [0.4, 0.5) is 4.79 Å². The average Bonchev–Trinajstić information content (AvgIpc) is 1.63. The lowest BCUT2D eigenvalue weighted by Crippen LogP contribution is -2.77. The highest BCUT2D eigenvalue weighted by Crippen LogP contribution is 2.63. The van der Waals surface area contributed by atoms with Crippen molar-refractivity contribution in [3.05, 3.63) is 185 Å². The fourth-order valence-electron chi connectivity index (χ4n) is 19.6. The van der Waals surface area contributed by atoms with Crippen LogP contribution in [-0.4, -0.2) is 235 Å². The van der Waals surface area contributed by atoms with Crippen LogP contribution in [0.1, 0.15) is 214 Å². The van der Waals surface area contributed by atoms with Crippen LogP contribution in [0, 0.1) is 40.4 Å². The Morgan fingerprint density at radius 1 is 0.641 bits per heavy atom. The third-order valence-electron chi connectivity index (χ3n) is 27.3. The Hall–Kier alpha value is -13.6. The van der Waals surface area contributed by atoms with Gasteiger partial charge in [-0.2, -0.15) is 0 Å². The lowest BCUT2D eigenvalue weighted by Gasteiger charge is -2.63. The van der Waals surface area contributed by atoms with E-state index in [1.54, 1.807) is 149 Å². The lowest BCUT2D eigenvalue weighted by atomic mass is 9.52. The second-order valence-electron chi connectivity index (χ2n) is 39.9. The number of ether oxygens (including phenoxy) is 7. The number of aliphatic hydroxyl groups excluding tert-OH is 2. The number of para-hydroxylation sites is 1. The molecular formula is C105H140N14O26. The van der Waals surface area contributed by atoms with Gasteiger partial charge < -0.3 is 118 Å². The zero-order valence-electron chi connectivity index (χ0n) is 84.5. The van der Waals surface area contributed by atoms with E-state index in [2.05, 4.69) is 62.8 Å². The number of carbonyl (C=O) groups excluding carboxylic acids is 16. The smallest absolute Gasteiger partial charge is 0.407 e. The number of amides is 11. The molecule has 2 aromatic heterocycles. The number of H-pyrrole nitrogens is 2. The summed E-state index contributed by atoms with van der Waals surface area (Å²) in [7, 11) is 0. The molecule has 0 radical (unpaired) electrons. The predicted molar refractivity (Wildman–Crippen MR) is 527 cm³/mol. The number of aliphatic hydroxyl groups is 3. The van der Waals surface area contributed by atoms with E-state index < -0.39 is 271 Å². The molecule has 4 aromatic carbocycles. The molecule has 145 heavy (non-hydrogen) atoms. The number of alkyl carbamates (subject to hydrolysis) is 1. The molecule has 6 aromatic rings. The molecule has 40 nitrogen and oxygen atoms in total. The van der Waals surface area contributed by atoms with Crippen molar-refractivity contribution in [1.29, 1.82) is 0 Å². The Morgan fingerprint density at radius 3 is 1.87 bits per heavy atom. The zero-order chi connectivity index (χ0) is 106. The van der Waals surface area contributed by atoms with E-state index >= 15 is 19.2 Å².